The van der Waals surface area contributed by atoms with Crippen LogP contribution in [0.2, 0.25) is 5.02 Å². The van der Waals surface area contributed by atoms with Gasteiger partial charge in [-0.25, -0.2) is 0 Å². The SMILES string of the molecule is CCn1nc(C)c(Cl)c1C(=O)NCc1ccc2c(c1)OCO2. The predicted octanol–water partition coefficient (Wildman–Crippen LogP) is 2.52. The molecule has 0 aliphatic carbocycles. The van der Waals surface area contributed by atoms with Gasteiger partial charge < -0.3 is 14.8 Å². The van der Waals surface area contributed by atoms with Crippen LogP contribution >= 0.6 is 11.6 Å². The lowest BCUT2D eigenvalue weighted by molar-refractivity contribution is 0.0940. The minimum absolute atomic E-state index is 0.232. The molecule has 0 spiro atoms. The zero-order valence-electron chi connectivity index (χ0n) is 12.4. The fourth-order valence-corrected chi connectivity index (χ4v) is 2.54. The minimum Gasteiger partial charge on any atom is -0.454 e. The summed E-state index contributed by atoms with van der Waals surface area (Å²) in [4.78, 5) is 12.4. The van der Waals surface area contributed by atoms with E-state index in [9.17, 15) is 4.79 Å². The van der Waals surface area contributed by atoms with Crippen molar-refractivity contribution in [2.24, 2.45) is 0 Å². The molecule has 0 unspecified atom stereocenters. The van der Waals surface area contributed by atoms with Gasteiger partial charge in [-0.15, -0.1) is 0 Å². The Balaban J connectivity index is 1.73. The Morgan fingerprint density at radius 3 is 2.95 bits per heavy atom. The second-order valence-corrected chi connectivity index (χ2v) is 5.31. The van der Waals surface area contributed by atoms with Crippen molar-refractivity contribution in [3.05, 3.63) is 40.2 Å². The maximum atomic E-state index is 12.4. The van der Waals surface area contributed by atoms with Crippen molar-refractivity contribution in [1.82, 2.24) is 15.1 Å². The van der Waals surface area contributed by atoms with Gasteiger partial charge in [0, 0.05) is 13.1 Å². The molecular weight excluding hydrogens is 306 g/mol. The monoisotopic (exact) mass is 321 g/mol. The molecule has 22 heavy (non-hydrogen) atoms. The predicted molar refractivity (Wildman–Crippen MR) is 81.4 cm³/mol. The lowest BCUT2D eigenvalue weighted by Crippen LogP contribution is -2.26. The highest BCUT2D eigenvalue weighted by Gasteiger charge is 2.20. The fraction of sp³-hybridized carbons (Fsp3) is 0.333. The van der Waals surface area contributed by atoms with Crippen molar-refractivity contribution >= 4 is 17.5 Å². The standard InChI is InChI=1S/C15H16ClN3O3/c1-3-19-14(13(16)9(2)18-19)15(20)17-7-10-4-5-11-12(6-10)22-8-21-11/h4-6H,3,7-8H2,1-2H3,(H,17,20). The summed E-state index contributed by atoms with van der Waals surface area (Å²) in [5.74, 6) is 1.17. The molecule has 1 N–H and O–H groups in total. The number of aromatic nitrogens is 2. The average molecular weight is 322 g/mol. The van der Waals surface area contributed by atoms with E-state index in [4.69, 9.17) is 21.1 Å². The van der Waals surface area contributed by atoms with Crippen LogP contribution in [0, 0.1) is 6.92 Å². The number of aryl methyl sites for hydroxylation is 2. The number of carbonyl (C=O) groups is 1. The zero-order valence-corrected chi connectivity index (χ0v) is 13.1. The van der Waals surface area contributed by atoms with Crippen LogP contribution in [-0.2, 0) is 13.1 Å². The van der Waals surface area contributed by atoms with Gasteiger partial charge in [0.05, 0.1) is 10.7 Å². The normalized spacial score (nSPS) is 12.5. The molecule has 1 aliphatic heterocycles. The largest absolute Gasteiger partial charge is 0.454 e. The van der Waals surface area contributed by atoms with E-state index < -0.39 is 0 Å². The highest BCUT2D eigenvalue weighted by molar-refractivity contribution is 6.34. The maximum Gasteiger partial charge on any atom is 0.271 e. The Hall–Kier alpha value is -2.21. The topological polar surface area (TPSA) is 65.4 Å². The summed E-state index contributed by atoms with van der Waals surface area (Å²) in [6.07, 6.45) is 0. The van der Waals surface area contributed by atoms with E-state index in [1.54, 1.807) is 11.6 Å². The van der Waals surface area contributed by atoms with Gasteiger partial charge in [0.1, 0.15) is 5.69 Å². The van der Waals surface area contributed by atoms with Crippen molar-refractivity contribution in [3.8, 4) is 11.5 Å². The number of fused-ring (bicyclic) bond motifs is 1. The third-order valence-corrected chi connectivity index (χ3v) is 3.91. The van der Waals surface area contributed by atoms with Crippen LogP contribution in [0.15, 0.2) is 18.2 Å². The molecule has 0 bridgehead atoms. The Kier molecular flexibility index (Phi) is 3.94. The molecule has 0 saturated heterocycles. The molecule has 6 nitrogen and oxygen atoms in total. The highest BCUT2D eigenvalue weighted by Crippen LogP contribution is 2.32. The van der Waals surface area contributed by atoms with Gasteiger partial charge in [-0.3, -0.25) is 9.48 Å². The molecule has 1 amide bonds. The van der Waals surface area contributed by atoms with Crippen LogP contribution in [0.1, 0.15) is 28.7 Å². The lowest BCUT2D eigenvalue weighted by Gasteiger charge is -2.08. The molecule has 1 aromatic heterocycles. The van der Waals surface area contributed by atoms with Gasteiger partial charge >= 0.3 is 0 Å². The smallest absolute Gasteiger partial charge is 0.271 e. The number of hydrogen-bond donors (Lipinski definition) is 1. The van der Waals surface area contributed by atoms with E-state index in [0.29, 0.717) is 35.2 Å². The number of halogens is 1. The van der Waals surface area contributed by atoms with Gasteiger partial charge in [0.2, 0.25) is 6.79 Å². The molecule has 116 valence electrons. The van der Waals surface area contributed by atoms with E-state index in [-0.39, 0.29) is 12.7 Å². The van der Waals surface area contributed by atoms with Crippen molar-refractivity contribution in [1.29, 1.82) is 0 Å². The molecule has 1 aliphatic rings. The number of nitrogens with one attached hydrogen (secondary N) is 1. The molecule has 7 heteroatoms. The second-order valence-electron chi connectivity index (χ2n) is 4.93. The maximum absolute atomic E-state index is 12.4. The molecule has 1 aromatic carbocycles. The van der Waals surface area contributed by atoms with Crippen LogP contribution in [0.25, 0.3) is 0 Å². The van der Waals surface area contributed by atoms with Crippen LogP contribution < -0.4 is 14.8 Å². The molecule has 3 rings (SSSR count). The van der Waals surface area contributed by atoms with E-state index in [0.717, 1.165) is 11.3 Å². The first-order valence-corrected chi connectivity index (χ1v) is 7.37. The first-order valence-electron chi connectivity index (χ1n) is 6.99. The zero-order chi connectivity index (χ0) is 15.7. The molecule has 0 radical (unpaired) electrons. The second kappa shape index (κ2) is 5.88. The van der Waals surface area contributed by atoms with E-state index in [2.05, 4.69) is 10.4 Å². The quantitative estimate of drug-likeness (QED) is 0.939. The Morgan fingerprint density at radius 1 is 1.41 bits per heavy atom. The molecule has 0 fully saturated rings. The fourth-order valence-electron chi connectivity index (χ4n) is 2.32. The van der Waals surface area contributed by atoms with Gasteiger partial charge in [-0.2, -0.15) is 5.10 Å². The summed E-state index contributed by atoms with van der Waals surface area (Å²) in [5, 5.41) is 7.49. The van der Waals surface area contributed by atoms with Gasteiger partial charge in [0.25, 0.3) is 5.91 Å². The molecule has 2 heterocycles. The van der Waals surface area contributed by atoms with Gasteiger partial charge in [-0.05, 0) is 31.5 Å². The number of amides is 1. The summed E-state index contributed by atoms with van der Waals surface area (Å²) in [6, 6.07) is 5.57. The Labute approximate surface area is 133 Å². The van der Waals surface area contributed by atoms with E-state index in [1.807, 2.05) is 25.1 Å². The van der Waals surface area contributed by atoms with Crippen LogP contribution in [0.4, 0.5) is 0 Å². The van der Waals surface area contributed by atoms with E-state index in [1.165, 1.54) is 0 Å². The van der Waals surface area contributed by atoms with Crippen LogP contribution in [-0.4, -0.2) is 22.5 Å². The average Bonchev–Trinajstić information content (AvgIpc) is 3.09. The van der Waals surface area contributed by atoms with Crippen molar-refractivity contribution < 1.29 is 14.3 Å². The number of hydrogen-bond acceptors (Lipinski definition) is 4. The first kappa shape index (κ1) is 14.7. The van der Waals surface area contributed by atoms with Crippen LogP contribution in [0.3, 0.4) is 0 Å². The summed E-state index contributed by atoms with van der Waals surface area (Å²) in [7, 11) is 0. The van der Waals surface area contributed by atoms with Crippen molar-refractivity contribution in [2.45, 2.75) is 26.9 Å². The number of benzene rings is 1. The number of nitrogens with zero attached hydrogens (tertiary/aromatic N) is 2. The molecule has 2 aromatic rings. The van der Waals surface area contributed by atoms with Crippen molar-refractivity contribution in [2.75, 3.05) is 6.79 Å². The number of rotatable bonds is 4. The Morgan fingerprint density at radius 2 is 2.18 bits per heavy atom. The lowest BCUT2D eigenvalue weighted by atomic mass is 10.2. The summed E-state index contributed by atoms with van der Waals surface area (Å²) < 4.78 is 12.2. The first-order chi connectivity index (χ1) is 10.6. The molecule has 0 saturated carbocycles. The highest BCUT2D eigenvalue weighted by atomic mass is 35.5. The van der Waals surface area contributed by atoms with Crippen LogP contribution in [0.5, 0.6) is 11.5 Å². The van der Waals surface area contributed by atoms with Gasteiger partial charge in [-0.1, -0.05) is 17.7 Å². The summed E-state index contributed by atoms with van der Waals surface area (Å²) in [5.41, 5.74) is 1.96. The molecular formula is C15H16ClN3O3. The third-order valence-electron chi connectivity index (χ3n) is 3.46. The third kappa shape index (κ3) is 2.62. The number of ether oxygens (including phenoxy) is 2. The molecule has 0 atom stereocenters. The van der Waals surface area contributed by atoms with Gasteiger partial charge in [0.15, 0.2) is 11.5 Å². The number of carbonyl (C=O) groups excluding carboxylic acids is 1. The van der Waals surface area contributed by atoms with E-state index >= 15 is 0 Å². The Bertz CT molecular complexity index is 727. The van der Waals surface area contributed by atoms with Crippen molar-refractivity contribution in [3.63, 3.8) is 0 Å². The summed E-state index contributed by atoms with van der Waals surface area (Å²) >= 11 is 6.17. The summed E-state index contributed by atoms with van der Waals surface area (Å²) in [6.45, 7) is 4.89. The minimum atomic E-state index is -0.245.